The van der Waals surface area contributed by atoms with Crippen LogP contribution in [0.3, 0.4) is 0 Å². The van der Waals surface area contributed by atoms with E-state index in [2.05, 4.69) is 10.9 Å². The Morgan fingerprint density at radius 2 is 1.78 bits per heavy atom. The molecular weight excluding hydrogens is 295 g/mol. The number of benzene rings is 2. The quantitative estimate of drug-likeness (QED) is 0.853. The summed E-state index contributed by atoms with van der Waals surface area (Å²) in [5.74, 6) is -1.08. The van der Waals surface area contributed by atoms with E-state index >= 15 is 0 Å². The number of amides is 2. The van der Waals surface area contributed by atoms with Crippen LogP contribution in [0, 0.1) is 19.7 Å². The van der Waals surface area contributed by atoms with Crippen LogP contribution in [0.4, 0.5) is 4.39 Å². The van der Waals surface area contributed by atoms with Gasteiger partial charge in [0.1, 0.15) is 5.82 Å². The molecule has 0 bridgehead atoms. The van der Waals surface area contributed by atoms with Crippen molar-refractivity contribution in [1.82, 2.24) is 10.9 Å². The molecule has 2 rings (SSSR count). The molecule has 2 amide bonds. The summed E-state index contributed by atoms with van der Waals surface area (Å²) >= 11 is 0. The van der Waals surface area contributed by atoms with Crippen LogP contribution >= 0.6 is 0 Å². The summed E-state index contributed by atoms with van der Waals surface area (Å²) in [6, 6.07) is 11.8. The van der Waals surface area contributed by atoms with Gasteiger partial charge in [-0.1, -0.05) is 35.9 Å². The van der Waals surface area contributed by atoms with Gasteiger partial charge in [-0.3, -0.25) is 20.4 Å². The molecule has 2 N–H and O–H groups in total. The Hall–Kier alpha value is -2.69. The van der Waals surface area contributed by atoms with Gasteiger partial charge in [0.05, 0.1) is 0 Å². The molecule has 2 aromatic rings. The Balaban J connectivity index is 1.84. The number of hydrogen-bond donors (Lipinski definition) is 2. The lowest BCUT2D eigenvalue weighted by Crippen LogP contribution is -2.42. The molecule has 4 nitrogen and oxygen atoms in total. The lowest BCUT2D eigenvalue weighted by molar-refractivity contribution is -0.121. The topological polar surface area (TPSA) is 58.2 Å². The van der Waals surface area contributed by atoms with Crippen molar-refractivity contribution in [3.8, 4) is 0 Å². The first-order valence-corrected chi connectivity index (χ1v) is 7.37. The Morgan fingerprint density at radius 3 is 2.48 bits per heavy atom. The van der Waals surface area contributed by atoms with Gasteiger partial charge in [0, 0.05) is 12.0 Å². The molecule has 0 atom stereocenters. The monoisotopic (exact) mass is 314 g/mol. The van der Waals surface area contributed by atoms with Crippen molar-refractivity contribution in [1.29, 1.82) is 0 Å². The molecule has 5 heteroatoms. The van der Waals surface area contributed by atoms with E-state index in [1.54, 1.807) is 24.3 Å². The SMILES string of the molecule is Cc1ccc(C(=O)NNC(=O)CCc2ccccc2F)c(C)c1. The van der Waals surface area contributed by atoms with Crippen molar-refractivity contribution < 1.29 is 14.0 Å². The van der Waals surface area contributed by atoms with Crippen molar-refractivity contribution in [2.24, 2.45) is 0 Å². The molecule has 0 unspecified atom stereocenters. The molecule has 0 fully saturated rings. The third-order valence-electron chi connectivity index (χ3n) is 3.52. The van der Waals surface area contributed by atoms with Gasteiger partial charge in [0.25, 0.3) is 5.91 Å². The first-order chi connectivity index (χ1) is 11.0. The zero-order valence-corrected chi connectivity index (χ0v) is 13.2. The van der Waals surface area contributed by atoms with Crippen molar-refractivity contribution in [2.75, 3.05) is 0 Å². The van der Waals surface area contributed by atoms with Gasteiger partial charge in [-0.25, -0.2) is 4.39 Å². The predicted molar refractivity (Wildman–Crippen MR) is 86.2 cm³/mol. The minimum absolute atomic E-state index is 0.0914. The Labute approximate surface area is 134 Å². The lowest BCUT2D eigenvalue weighted by Gasteiger charge is -2.10. The maximum Gasteiger partial charge on any atom is 0.269 e. The van der Waals surface area contributed by atoms with Gasteiger partial charge in [-0.05, 0) is 43.5 Å². The Bertz CT molecular complexity index is 729. The van der Waals surface area contributed by atoms with Gasteiger partial charge in [-0.15, -0.1) is 0 Å². The third-order valence-corrected chi connectivity index (χ3v) is 3.52. The van der Waals surface area contributed by atoms with E-state index in [0.717, 1.165) is 11.1 Å². The van der Waals surface area contributed by atoms with Crippen molar-refractivity contribution in [3.05, 3.63) is 70.5 Å². The van der Waals surface area contributed by atoms with E-state index in [1.165, 1.54) is 6.07 Å². The van der Waals surface area contributed by atoms with E-state index in [4.69, 9.17) is 0 Å². The molecule has 0 spiro atoms. The summed E-state index contributed by atoms with van der Waals surface area (Å²) in [5, 5.41) is 0. The Kier molecular flexibility index (Phi) is 5.46. The fraction of sp³-hybridized carbons (Fsp3) is 0.222. The molecule has 0 radical (unpaired) electrons. The van der Waals surface area contributed by atoms with E-state index in [9.17, 15) is 14.0 Å². The van der Waals surface area contributed by atoms with E-state index in [1.807, 2.05) is 26.0 Å². The number of carbonyl (C=O) groups is 2. The van der Waals surface area contributed by atoms with Crippen molar-refractivity contribution in [2.45, 2.75) is 26.7 Å². The fourth-order valence-corrected chi connectivity index (χ4v) is 2.27. The molecule has 0 heterocycles. The fourth-order valence-electron chi connectivity index (χ4n) is 2.27. The van der Waals surface area contributed by atoms with E-state index in [-0.39, 0.29) is 30.5 Å². The number of hydrogen-bond acceptors (Lipinski definition) is 2. The van der Waals surface area contributed by atoms with E-state index < -0.39 is 0 Å². The number of carbonyl (C=O) groups excluding carboxylic acids is 2. The minimum atomic E-state index is -0.373. The average Bonchev–Trinajstić information content (AvgIpc) is 2.52. The number of halogens is 1. The highest BCUT2D eigenvalue weighted by Crippen LogP contribution is 2.10. The predicted octanol–water partition coefficient (Wildman–Crippen LogP) is 2.84. The molecular formula is C18H19FN2O2. The van der Waals surface area contributed by atoms with Gasteiger partial charge in [0.15, 0.2) is 0 Å². The maximum absolute atomic E-state index is 13.5. The first-order valence-electron chi connectivity index (χ1n) is 7.37. The second-order valence-corrected chi connectivity index (χ2v) is 5.41. The molecule has 0 aliphatic heterocycles. The third kappa shape index (κ3) is 4.64. The summed E-state index contributed by atoms with van der Waals surface area (Å²) in [4.78, 5) is 23.8. The second kappa shape index (κ2) is 7.54. The van der Waals surface area contributed by atoms with E-state index in [0.29, 0.717) is 11.1 Å². The van der Waals surface area contributed by atoms with Gasteiger partial charge < -0.3 is 0 Å². The molecule has 0 aromatic heterocycles. The smallest absolute Gasteiger partial charge is 0.269 e. The zero-order valence-electron chi connectivity index (χ0n) is 13.2. The molecule has 120 valence electrons. The molecule has 23 heavy (non-hydrogen) atoms. The summed E-state index contributed by atoms with van der Waals surface area (Å²) in [6.45, 7) is 3.78. The van der Waals surface area contributed by atoms with Crippen LogP contribution in [0.2, 0.25) is 0 Å². The highest BCUT2D eigenvalue weighted by atomic mass is 19.1. The van der Waals surface area contributed by atoms with Crippen LogP contribution in [0.15, 0.2) is 42.5 Å². The number of aryl methyl sites for hydroxylation is 3. The van der Waals surface area contributed by atoms with Crippen molar-refractivity contribution >= 4 is 11.8 Å². The molecule has 0 saturated carbocycles. The maximum atomic E-state index is 13.5. The molecule has 0 saturated heterocycles. The van der Waals surface area contributed by atoms with Crippen LogP contribution in [0.25, 0.3) is 0 Å². The summed E-state index contributed by atoms with van der Waals surface area (Å²) in [5.41, 5.74) is 7.61. The zero-order chi connectivity index (χ0) is 16.8. The molecule has 2 aromatic carbocycles. The highest BCUT2D eigenvalue weighted by Gasteiger charge is 2.10. The molecule has 0 aliphatic carbocycles. The van der Waals surface area contributed by atoms with Gasteiger partial charge >= 0.3 is 0 Å². The van der Waals surface area contributed by atoms with Gasteiger partial charge in [-0.2, -0.15) is 0 Å². The number of nitrogens with one attached hydrogen (secondary N) is 2. The number of rotatable bonds is 4. The highest BCUT2D eigenvalue weighted by molar-refractivity contribution is 5.96. The normalized spacial score (nSPS) is 10.2. The molecule has 0 aliphatic rings. The van der Waals surface area contributed by atoms with Crippen LogP contribution in [0.5, 0.6) is 0 Å². The van der Waals surface area contributed by atoms with Gasteiger partial charge in [0.2, 0.25) is 5.91 Å². The van der Waals surface area contributed by atoms with Crippen LogP contribution in [-0.2, 0) is 11.2 Å². The summed E-state index contributed by atoms with van der Waals surface area (Å²) < 4.78 is 13.5. The second-order valence-electron chi connectivity index (χ2n) is 5.41. The Morgan fingerprint density at radius 1 is 1.04 bits per heavy atom. The lowest BCUT2D eigenvalue weighted by atomic mass is 10.1. The standard InChI is InChI=1S/C18H19FN2O2/c1-12-7-9-15(13(2)11-12)18(23)21-20-17(22)10-8-14-5-3-4-6-16(14)19/h3-7,9,11H,8,10H2,1-2H3,(H,20,22)(H,21,23). The first kappa shape index (κ1) is 16.7. The van der Waals surface area contributed by atoms with Crippen LogP contribution in [0.1, 0.15) is 33.5 Å². The largest absolute Gasteiger partial charge is 0.273 e. The summed E-state index contributed by atoms with van der Waals surface area (Å²) in [6.07, 6.45) is 0.367. The summed E-state index contributed by atoms with van der Waals surface area (Å²) in [7, 11) is 0. The number of hydrazine groups is 1. The average molecular weight is 314 g/mol. The minimum Gasteiger partial charge on any atom is -0.273 e. The van der Waals surface area contributed by atoms with Crippen LogP contribution < -0.4 is 10.9 Å². The van der Waals surface area contributed by atoms with Crippen LogP contribution in [-0.4, -0.2) is 11.8 Å². The van der Waals surface area contributed by atoms with Crippen molar-refractivity contribution in [3.63, 3.8) is 0 Å².